The Labute approximate surface area is 175 Å². The number of ether oxygens (including phenoxy) is 1. The Morgan fingerprint density at radius 1 is 0.931 bits per heavy atom. The van der Waals surface area contributed by atoms with Gasteiger partial charge in [0, 0.05) is 24.6 Å². The summed E-state index contributed by atoms with van der Waals surface area (Å²) in [6.07, 6.45) is 16.9. The lowest BCUT2D eigenvalue weighted by molar-refractivity contribution is 0.0225. The smallest absolute Gasteiger partial charge is 0.159 e. The fourth-order valence-electron chi connectivity index (χ4n) is 4.09. The zero-order valence-corrected chi connectivity index (χ0v) is 17.6. The van der Waals surface area contributed by atoms with E-state index in [1.54, 1.807) is 12.1 Å². The van der Waals surface area contributed by atoms with Crippen LogP contribution in [-0.2, 0) is 4.74 Å². The summed E-state index contributed by atoms with van der Waals surface area (Å²) in [6.45, 7) is 3.18. The van der Waals surface area contributed by atoms with Crippen LogP contribution in [0.4, 0.5) is 0 Å². The second kappa shape index (κ2) is 11.7. The van der Waals surface area contributed by atoms with Crippen molar-refractivity contribution in [1.29, 1.82) is 5.26 Å². The highest BCUT2D eigenvalue weighted by Gasteiger charge is 2.23. The molecular weight excluding hydrogens is 358 g/mol. The van der Waals surface area contributed by atoms with Gasteiger partial charge in [0.05, 0.1) is 17.7 Å². The largest absolute Gasteiger partial charge is 0.378 e. The van der Waals surface area contributed by atoms with Crippen LogP contribution in [0.25, 0.3) is 11.4 Å². The van der Waals surface area contributed by atoms with E-state index in [1.165, 1.54) is 44.1 Å². The predicted octanol–water partition coefficient (Wildman–Crippen LogP) is 6.42. The van der Waals surface area contributed by atoms with Gasteiger partial charge in [0.25, 0.3) is 0 Å². The van der Waals surface area contributed by atoms with Gasteiger partial charge in [-0.3, -0.25) is 0 Å². The van der Waals surface area contributed by atoms with Crippen molar-refractivity contribution in [2.45, 2.75) is 83.2 Å². The van der Waals surface area contributed by atoms with Crippen LogP contribution < -0.4 is 0 Å². The molecule has 3 rings (SSSR count). The van der Waals surface area contributed by atoms with Crippen LogP contribution >= 0.6 is 0 Å². The van der Waals surface area contributed by atoms with Crippen LogP contribution in [0.2, 0.25) is 0 Å². The van der Waals surface area contributed by atoms with Gasteiger partial charge >= 0.3 is 0 Å². The molecule has 0 spiro atoms. The first-order chi connectivity index (χ1) is 14.3. The normalized spacial score (nSPS) is 19.0. The quantitative estimate of drug-likeness (QED) is 0.439. The molecule has 4 nitrogen and oxygen atoms in total. The van der Waals surface area contributed by atoms with Crippen molar-refractivity contribution >= 4 is 0 Å². The standard InChI is InChI=1S/C25H33N3O/c1-2-3-4-5-6-7-16-29-24-14-12-21(13-15-24)23-18-27-25(28-19-23)22-10-8-20(17-26)9-11-22/h8-11,18-19,21,24H,2-7,12-16H2,1H3. The lowest BCUT2D eigenvalue weighted by Gasteiger charge is -2.28. The number of benzene rings is 1. The van der Waals surface area contributed by atoms with E-state index in [0.717, 1.165) is 37.9 Å². The van der Waals surface area contributed by atoms with Crippen molar-refractivity contribution in [3.8, 4) is 17.5 Å². The molecule has 0 amide bonds. The van der Waals surface area contributed by atoms with Crippen LogP contribution in [0, 0.1) is 11.3 Å². The summed E-state index contributed by atoms with van der Waals surface area (Å²) in [5.41, 5.74) is 2.83. The van der Waals surface area contributed by atoms with E-state index in [9.17, 15) is 0 Å². The number of nitrogens with zero attached hydrogens (tertiary/aromatic N) is 3. The molecular formula is C25H33N3O. The SMILES string of the molecule is CCCCCCCCOC1CCC(c2cnc(-c3ccc(C#N)cc3)nc2)CC1. The zero-order valence-electron chi connectivity index (χ0n) is 17.6. The molecule has 4 heteroatoms. The van der Waals surface area contributed by atoms with Gasteiger partial charge in [-0.2, -0.15) is 5.26 Å². The Bertz CT molecular complexity index is 756. The van der Waals surface area contributed by atoms with Gasteiger partial charge in [0.2, 0.25) is 0 Å². The van der Waals surface area contributed by atoms with E-state index >= 15 is 0 Å². The molecule has 0 bridgehead atoms. The van der Waals surface area contributed by atoms with Crippen molar-refractivity contribution in [3.63, 3.8) is 0 Å². The van der Waals surface area contributed by atoms with Crippen LogP contribution in [-0.4, -0.2) is 22.7 Å². The van der Waals surface area contributed by atoms with Crippen molar-refractivity contribution in [2.24, 2.45) is 0 Å². The van der Waals surface area contributed by atoms with Crippen LogP contribution in [0.5, 0.6) is 0 Å². The third-order valence-electron chi connectivity index (χ3n) is 5.94. The first kappa shape index (κ1) is 21.5. The molecule has 1 saturated carbocycles. The highest BCUT2D eigenvalue weighted by molar-refractivity contribution is 5.56. The van der Waals surface area contributed by atoms with Crippen molar-refractivity contribution in [2.75, 3.05) is 6.61 Å². The molecule has 29 heavy (non-hydrogen) atoms. The Morgan fingerprint density at radius 3 is 2.24 bits per heavy atom. The van der Waals surface area contributed by atoms with Gasteiger partial charge in [-0.1, -0.05) is 39.0 Å². The lowest BCUT2D eigenvalue weighted by Crippen LogP contribution is -2.21. The Morgan fingerprint density at radius 2 is 1.59 bits per heavy atom. The average Bonchev–Trinajstić information content (AvgIpc) is 2.79. The van der Waals surface area contributed by atoms with E-state index in [-0.39, 0.29) is 0 Å². The Balaban J connectivity index is 1.40. The molecule has 0 atom stereocenters. The Hall–Kier alpha value is -2.25. The van der Waals surface area contributed by atoms with E-state index in [1.807, 2.05) is 24.5 Å². The predicted molar refractivity (Wildman–Crippen MR) is 117 cm³/mol. The van der Waals surface area contributed by atoms with Gasteiger partial charge in [-0.15, -0.1) is 0 Å². The monoisotopic (exact) mass is 391 g/mol. The van der Waals surface area contributed by atoms with Gasteiger partial charge in [0.1, 0.15) is 0 Å². The molecule has 1 aliphatic carbocycles. The number of rotatable bonds is 10. The minimum absolute atomic E-state index is 0.431. The number of hydrogen-bond donors (Lipinski definition) is 0. The first-order valence-corrected chi connectivity index (χ1v) is 11.2. The Kier molecular flexibility index (Phi) is 8.64. The molecule has 1 aliphatic rings. The molecule has 1 aromatic heterocycles. The summed E-state index contributed by atoms with van der Waals surface area (Å²) in [6, 6.07) is 9.55. The molecule has 2 aromatic rings. The summed E-state index contributed by atoms with van der Waals surface area (Å²) >= 11 is 0. The third kappa shape index (κ3) is 6.65. The molecule has 154 valence electrons. The summed E-state index contributed by atoms with van der Waals surface area (Å²) in [5.74, 6) is 1.26. The fourth-order valence-corrected chi connectivity index (χ4v) is 4.09. The second-order valence-electron chi connectivity index (χ2n) is 8.14. The molecule has 0 unspecified atom stereocenters. The second-order valence-corrected chi connectivity index (χ2v) is 8.14. The maximum atomic E-state index is 8.91. The summed E-state index contributed by atoms with van der Waals surface area (Å²) < 4.78 is 6.12. The van der Waals surface area contributed by atoms with Gasteiger partial charge in [-0.05, 0) is 67.9 Å². The van der Waals surface area contributed by atoms with E-state index in [4.69, 9.17) is 10.00 Å². The molecule has 0 aliphatic heterocycles. The molecule has 0 N–H and O–H groups in total. The number of nitriles is 1. The third-order valence-corrected chi connectivity index (χ3v) is 5.94. The first-order valence-electron chi connectivity index (χ1n) is 11.2. The summed E-state index contributed by atoms with van der Waals surface area (Å²) in [4.78, 5) is 9.13. The van der Waals surface area contributed by atoms with Crippen molar-refractivity contribution in [3.05, 3.63) is 47.8 Å². The van der Waals surface area contributed by atoms with Gasteiger partial charge in [-0.25, -0.2) is 9.97 Å². The van der Waals surface area contributed by atoms with E-state index in [2.05, 4.69) is 23.0 Å². The maximum Gasteiger partial charge on any atom is 0.159 e. The number of unbranched alkanes of at least 4 members (excludes halogenated alkanes) is 5. The van der Waals surface area contributed by atoms with E-state index < -0.39 is 0 Å². The van der Waals surface area contributed by atoms with Crippen LogP contribution in [0.15, 0.2) is 36.7 Å². The van der Waals surface area contributed by atoms with Gasteiger partial charge < -0.3 is 4.74 Å². The summed E-state index contributed by atoms with van der Waals surface area (Å²) in [7, 11) is 0. The minimum atomic E-state index is 0.431. The summed E-state index contributed by atoms with van der Waals surface area (Å²) in [5, 5.41) is 8.91. The fraction of sp³-hybridized carbons (Fsp3) is 0.560. The molecule has 1 aromatic carbocycles. The van der Waals surface area contributed by atoms with Crippen molar-refractivity contribution < 1.29 is 4.74 Å². The lowest BCUT2D eigenvalue weighted by atomic mass is 9.84. The van der Waals surface area contributed by atoms with Crippen LogP contribution in [0.3, 0.4) is 0 Å². The molecule has 1 fully saturated rings. The highest BCUT2D eigenvalue weighted by atomic mass is 16.5. The molecule has 1 heterocycles. The topological polar surface area (TPSA) is 58.8 Å². The highest BCUT2D eigenvalue weighted by Crippen LogP contribution is 2.34. The molecule has 0 saturated heterocycles. The minimum Gasteiger partial charge on any atom is -0.378 e. The number of hydrogen-bond acceptors (Lipinski definition) is 4. The maximum absolute atomic E-state index is 8.91. The van der Waals surface area contributed by atoms with Crippen LogP contribution in [0.1, 0.15) is 88.2 Å². The van der Waals surface area contributed by atoms with E-state index in [0.29, 0.717) is 23.4 Å². The van der Waals surface area contributed by atoms with Gasteiger partial charge in [0.15, 0.2) is 5.82 Å². The zero-order chi connectivity index (χ0) is 20.3. The molecule has 0 radical (unpaired) electrons. The number of aromatic nitrogens is 2. The average molecular weight is 392 g/mol. The van der Waals surface area contributed by atoms with Crippen molar-refractivity contribution in [1.82, 2.24) is 9.97 Å².